The van der Waals surface area contributed by atoms with Gasteiger partial charge in [-0.05, 0) is 102 Å². The summed E-state index contributed by atoms with van der Waals surface area (Å²) in [4.78, 5) is 84.5. The third kappa shape index (κ3) is 23.8. The number of hydrogen-bond acceptors (Lipinski definition) is 37. The molecule has 41 heteroatoms. The largest absolute Gasteiger partial charge is 0.506 e. The molecule has 4 aliphatic carbocycles. The van der Waals surface area contributed by atoms with Crippen LogP contribution in [-0.4, -0.2) is 357 Å². The molecule has 41 nitrogen and oxygen atoms in total. The normalized spacial score (nSPS) is 39.8. The molecule has 17 N–H and O–H groups in total. The average Bonchev–Trinajstić information content (AvgIpc) is 0.734. The second-order valence-electron chi connectivity index (χ2n) is 36.3. The number of hydrogen-bond donors (Lipinski definition) is 16. The minimum absolute atomic E-state index is 0. The summed E-state index contributed by atoms with van der Waals surface area (Å²) in [5, 5.41) is 148. The molecule has 0 radical (unpaired) electrons. The quantitative estimate of drug-likeness (QED) is 0.0663. The van der Waals surface area contributed by atoms with E-state index in [1.54, 1.807) is 41.7 Å². The Bertz CT molecular complexity index is 4520. The van der Waals surface area contributed by atoms with E-state index < -0.39 is 260 Å². The predicted molar refractivity (Wildman–Crippen MR) is 495 cm³/mol. The zero-order valence-electron chi connectivity index (χ0n) is 75.8. The van der Waals surface area contributed by atoms with E-state index in [4.69, 9.17) is 76.8 Å². The monoisotopic (exact) mass is 1960 g/mol. The van der Waals surface area contributed by atoms with Gasteiger partial charge in [-0.2, -0.15) is 0 Å². The number of pyridine rings is 1. The fraction of sp³-hybridized carbons (Fsp3) is 0.701. The number of carbonyl (C=O) groups excluding carboxylic acids is 6. The van der Waals surface area contributed by atoms with Crippen molar-refractivity contribution in [2.75, 3.05) is 28.2 Å². The summed E-state index contributed by atoms with van der Waals surface area (Å²) in [6, 6.07) is 24.9. The molecule has 38 atom stereocenters. The van der Waals surface area contributed by atoms with Crippen molar-refractivity contribution < 1.29 is 166 Å². The Morgan fingerprint density at radius 3 is 1.12 bits per heavy atom. The van der Waals surface area contributed by atoms with Gasteiger partial charge in [0.05, 0.1) is 122 Å². The van der Waals surface area contributed by atoms with Crippen molar-refractivity contribution >= 4 is 35.8 Å². The van der Waals surface area contributed by atoms with Crippen LogP contribution in [0, 0.1) is 23.7 Å². The smallest absolute Gasteiger partial charge is 0.410 e. The van der Waals surface area contributed by atoms with Gasteiger partial charge in [0, 0.05) is 63.4 Å². The number of nitrogens with two attached hydrogens (primary N) is 1. The van der Waals surface area contributed by atoms with Crippen LogP contribution in [0.4, 0.5) is 14.4 Å². The molecule has 0 unspecified atom stereocenters. The molecule has 4 amide bonds. The predicted octanol–water partition coefficient (Wildman–Crippen LogP) is 4.03. The molecule has 1 aromatic heterocycles. The molecule has 8 aliphatic heterocycles. The van der Waals surface area contributed by atoms with E-state index in [-0.39, 0.29) is 102 Å². The van der Waals surface area contributed by atoms with Gasteiger partial charge < -0.3 is 169 Å². The fourth-order valence-corrected chi connectivity index (χ4v) is 20.2. The molecule has 0 spiro atoms. The zero-order chi connectivity index (χ0) is 95.7. The number of ether oxygens (including phenoxy) is 15. The second kappa shape index (κ2) is 49.0. The van der Waals surface area contributed by atoms with Crippen molar-refractivity contribution in [2.24, 2.45) is 29.4 Å². The molecule has 16 rings (SSSR count). The van der Waals surface area contributed by atoms with Gasteiger partial charge in [-0.1, -0.05) is 163 Å². The van der Waals surface area contributed by atoms with E-state index in [9.17, 15) is 95.2 Å². The molecule has 138 heavy (non-hydrogen) atoms. The first-order chi connectivity index (χ1) is 62.7. The molecular formula is C97H153N7O34. The van der Waals surface area contributed by atoms with E-state index in [1.807, 2.05) is 112 Å². The van der Waals surface area contributed by atoms with Crippen LogP contribution in [0.3, 0.4) is 0 Å². The Hall–Kier alpha value is -7.81. The lowest BCUT2D eigenvalue weighted by Crippen LogP contribution is -2.77. The summed E-state index contributed by atoms with van der Waals surface area (Å²) >= 11 is 0. The Morgan fingerprint density at radius 2 is 0.754 bits per heavy atom. The van der Waals surface area contributed by atoms with Crippen molar-refractivity contribution in [3.05, 3.63) is 132 Å². The first-order valence-electron chi connectivity index (χ1n) is 45.2. The number of aliphatic hydroxyl groups is 12. The number of fused-ring (bicyclic) bond motifs is 8. The van der Waals surface area contributed by atoms with Crippen molar-refractivity contribution in [2.45, 2.75) is 384 Å². The van der Waals surface area contributed by atoms with Gasteiger partial charge in [0.15, 0.2) is 11.6 Å². The molecule has 9 heterocycles. The number of rotatable bonds is 17. The SMILES string of the molecule is C.C.C.C.C.C.CC[C@@H]1[C@H](O)[C@H](NC)[C@H]2O[C@@]3(O)C(=O)C[C@@H](C)O[C@H]3O[C@@H]2[C@H]1O.CC[C@H]1[C@H](O)[C@H]2O[C@@H]3O[C@H](C)CC(=O)[C@]3(O)O[C@@H]2[C@@H](N(C)C(=O)OCc2ccccc2)[C@H]1O.CC[C@H]1[C@H](O)[C@H]2O[C@@H]3O[C@H](C)C[C@@H](N)[C@]3(O)O[C@@H]2[C@@H](N(C)C(=O)OCc2ccccc2)[C@H]1O.CC[C@H]1[C@H](O)[C@H]2O[C@@H]3O[C@H](C)C[C@@H](NC(=O)Cc4ccc(O)cn4)[C@]3(O)O[C@@H]2[C@@H](N(C)C(=O)OCc2ccccc2)[C@H]1O. The van der Waals surface area contributed by atoms with Crippen molar-refractivity contribution in [3.8, 4) is 5.75 Å². The lowest BCUT2D eigenvalue weighted by Gasteiger charge is -2.58. The average molecular weight is 1960 g/mol. The van der Waals surface area contributed by atoms with Crippen LogP contribution in [0.25, 0.3) is 0 Å². The molecule has 3 aromatic carbocycles. The van der Waals surface area contributed by atoms with Gasteiger partial charge in [-0.15, -0.1) is 0 Å². The molecular weight excluding hydrogens is 1810 g/mol. The van der Waals surface area contributed by atoms with E-state index in [2.05, 4.69) is 15.6 Å². The van der Waals surface area contributed by atoms with Crippen LogP contribution in [-0.2, 0) is 112 Å². The number of nitrogens with zero attached hydrogens (tertiary/aromatic N) is 4. The minimum atomic E-state index is -2.40. The highest BCUT2D eigenvalue weighted by Crippen LogP contribution is 2.50. The van der Waals surface area contributed by atoms with Gasteiger partial charge in [0.1, 0.15) is 74.4 Å². The zero-order valence-corrected chi connectivity index (χ0v) is 75.8. The van der Waals surface area contributed by atoms with Gasteiger partial charge in [-0.3, -0.25) is 19.4 Å². The lowest BCUT2D eigenvalue weighted by atomic mass is 9.74. The number of amides is 4. The van der Waals surface area contributed by atoms with Gasteiger partial charge in [0.25, 0.3) is 11.6 Å². The van der Waals surface area contributed by atoms with Gasteiger partial charge >= 0.3 is 18.3 Å². The summed E-state index contributed by atoms with van der Waals surface area (Å²) in [5.41, 5.74) is 8.97. The molecule has 12 aliphatic rings. The Kier molecular flexibility index (Phi) is 41.6. The minimum Gasteiger partial charge on any atom is -0.506 e. The molecule has 4 aromatic rings. The highest BCUT2D eigenvalue weighted by Gasteiger charge is 2.70. The fourth-order valence-electron chi connectivity index (χ4n) is 20.2. The molecule has 12 fully saturated rings. The number of nitrogens with one attached hydrogen (secondary N) is 2. The summed E-state index contributed by atoms with van der Waals surface area (Å²) < 4.78 is 86.6. The van der Waals surface area contributed by atoms with Crippen LogP contribution in [0.15, 0.2) is 109 Å². The summed E-state index contributed by atoms with van der Waals surface area (Å²) in [6.45, 7) is 14.3. The molecule has 4 saturated carbocycles. The van der Waals surface area contributed by atoms with Gasteiger partial charge in [0.2, 0.25) is 42.6 Å². The number of Topliss-reactive ketones (excluding diaryl/α,β-unsaturated/α-hetero) is 2. The first kappa shape index (κ1) is 117. The molecule has 8 saturated heterocycles. The van der Waals surface area contributed by atoms with Crippen LogP contribution >= 0.6 is 0 Å². The lowest BCUT2D eigenvalue weighted by molar-refractivity contribution is -0.452. The Balaban J connectivity index is 0.000000252. The van der Waals surface area contributed by atoms with E-state index in [0.717, 1.165) is 16.7 Å². The Labute approximate surface area is 808 Å². The second-order valence-corrected chi connectivity index (χ2v) is 36.3. The third-order valence-corrected chi connectivity index (χ3v) is 27.5. The summed E-state index contributed by atoms with van der Waals surface area (Å²) in [6.07, 6.45) is -23.0. The maximum Gasteiger partial charge on any atom is 0.410 e. The highest BCUT2D eigenvalue weighted by atomic mass is 16.8. The number of aromatic nitrogens is 1. The Morgan fingerprint density at radius 1 is 0.428 bits per heavy atom. The number of likely N-dealkylation sites (N-methyl/N-ethyl adjacent to an activating group) is 4. The van der Waals surface area contributed by atoms with Crippen LogP contribution < -0.4 is 16.4 Å². The number of aromatic hydroxyl groups is 1. The topological polar surface area (TPSA) is 577 Å². The third-order valence-electron chi connectivity index (χ3n) is 27.5. The highest BCUT2D eigenvalue weighted by molar-refractivity contribution is 5.88. The maximum absolute atomic E-state index is 13.2. The number of aliphatic hydroxyl groups excluding tert-OH is 8. The van der Waals surface area contributed by atoms with Crippen LogP contribution in [0.1, 0.15) is 174 Å². The van der Waals surface area contributed by atoms with Crippen molar-refractivity contribution in [3.63, 3.8) is 0 Å². The van der Waals surface area contributed by atoms with E-state index >= 15 is 0 Å². The maximum atomic E-state index is 13.2. The number of carbonyl (C=O) groups is 6. The molecule has 780 valence electrons. The van der Waals surface area contributed by atoms with E-state index in [0.29, 0.717) is 37.8 Å². The summed E-state index contributed by atoms with van der Waals surface area (Å²) in [5.74, 6) is -12.8. The van der Waals surface area contributed by atoms with Crippen molar-refractivity contribution in [1.82, 2.24) is 30.3 Å². The van der Waals surface area contributed by atoms with Crippen molar-refractivity contribution in [1.29, 1.82) is 0 Å². The van der Waals surface area contributed by atoms with Crippen LogP contribution in [0.5, 0.6) is 5.75 Å². The first-order valence-corrected chi connectivity index (χ1v) is 45.2. The summed E-state index contributed by atoms with van der Waals surface area (Å²) in [7, 11) is 6.02. The molecule has 0 bridgehead atoms. The number of ketones is 2. The van der Waals surface area contributed by atoms with Gasteiger partial charge in [-0.25, -0.2) is 14.4 Å². The standard InChI is InChI=1S/C30H39N3O10.C23H34N2O8.C23H31NO9.C15H25NO7.6CH4/c1-4-20-24(36)23(33(3)29(38)40-15-17-8-6-5-7-9-17)26-27(25(20)37)42-28-30(39,43-26)21(12-16(2)41-28)32-22(35)13-18-10-11-19(34)14-31-18;1-4-14-17(26)16(25(3)22(28)30-11-13-8-6-5-7-9-13)19-20(18(14)27)32-21-23(29,33-19)15(24)10-12(2)31-21;1-4-14-17(26)16(24(3)22(28)30-11-13-8-6-5-7-9-13)19-20(18(14)27)32-21-23(29,33-19)15(25)10-12(2)31-21;1-4-7-10(18)9(16-3)12-13(11(7)19)22-14-15(20,23-12)8(17)5-6(2)21-14;;;;;;/h5-11,14,16,20-21,23-28,34,36-37,39H,4,12-13,15H2,1-3H3,(H,32,35);5-9,12,14-21,26-27,29H,4,10-11,24H2,1-3H3;5-9,12,14,16-21,26-27,29H,4,10-11H2,1-3H3;6-7,9-14,16,18-20H,4-5H2,1-3H3;6*1H4/t16-,20-,21-,23+,24+,25+,26-,27-,28+,30+;12-,14-,15-,16+,17+,18+,19-,20-,21+,23+;12-,14-,16+,17+,18+,19-,20-,21+,23+;6-,7-,9+,10+,11+,12-,13-,14+,15+;;;;;;/m1111....../s1. The number of benzene rings is 3. The van der Waals surface area contributed by atoms with Crippen LogP contribution in [0.2, 0.25) is 0 Å². The van der Waals surface area contributed by atoms with E-state index in [1.165, 1.54) is 54.2 Å².